The lowest BCUT2D eigenvalue weighted by molar-refractivity contribution is 0.890. The number of rotatable bonds is 0. The summed E-state index contributed by atoms with van der Waals surface area (Å²) in [6, 6.07) is 0. The van der Waals surface area contributed by atoms with E-state index in [0.29, 0.717) is 11.1 Å². The molecule has 0 saturated heterocycles. The number of nitrogens with zero attached hydrogens (tertiary/aromatic N) is 3. The predicted octanol–water partition coefficient (Wildman–Crippen LogP) is 0.863. The van der Waals surface area contributed by atoms with Gasteiger partial charge in [0.1, 0.15) is 0 Å². The molecule has 76 valence electrons. The van der Waals surface area contributed by atoms with E-state index in [1.165, 1.54) is 11.3 Å². The van der Waals surface area contributed by atoms with Gasteiger partial charge in [0.2, 0.25) is 5.95 Å². The number of nitrogens with two attached hydrogens (primary N) is 2. The molecule has 4 N–H and O–H groups in total. The van der Waals surface area contributed by atoms with Gasteiger partial charge in [-0.1, -0.05) is 11.3 Å². The van der Waals surface area contributed by atoms with Gasteiger partial charge in [0.05, 0.1) is 16.3 Å². The van der Waals surface area contributed by atoms with Crippen LogP contribution >= 0.6 is 11.3 Å². The predicted molar refractivity (Wildman–Crippen MR) is 59.4 cm³/mol. The van der Waals surface area contributed by atoms with E-state index in [2.05, 4.69) is 15.0 Å². The number of aromatic nitrogens is 3. The first-order valence-corrected chi connectivity index (χ1v) is 5.42. The molecule has 0 spiro atoms. The zero-order valence-corrected chi connectivity index (χ0v) is 8.71. The second-order valence-corrected chi connectivity index (χ2v) is 4.46. The molecule has 1 aliphatic rings. The summed E-state index contributed by atoms with van der Waals surface area (Å²) in [5.41, 5.74) is 14.3. The van der Waals surface area contributed by atoms with Crippen molar-refractivity contribution >= 4 is 22.4 Å². The summed E-state index contributed by atoms with van der Waals surface area (Å²) in [6.45, 7) is 0. The lowest BCUT2D eigenvalue weighted by atomic mass is 10.00. The zero-order chi connectivity index (χ0) is 10.4. The first kappa shape index (κ1) is 8.60. The normalized spacial score (nSPS) is 13.3. The second-order valence-electron chi connectivity index (χ2n) is 3.43. The summed E-state index contributed by atoms with van der Waals surface area (Å²) in [4.78, 5) is 13.6. The van der Waals surface area contributed by atoms with Crippen LogP contribution in [0.2, 0.25) is 0 Å². The minimum Gasteiger partial charge on any atom is -0.375 e. The summed E-state index contributed by atoms with van der Waals surface area (Å²) in [6.07, 6.45) is 3.60. The highest BCUT2D eigenvalue weighted by Crippen LogP contribution is 2.37. The van der Waals surface area contributed by atoms with Crippen LogP contribution in [-0.2, 0) is 12.8 Å². The van der Waals surface area contributed by atoms with E-state index in [4.69, 9.17) is 11.5 Å². The van der Waals surface area contributed by atoms with Gasteiger partial charge in [0.15, 0.2) is 5.13 Å². The van der Waals surface area contributed by atoms with Crippen LogP contribution in [0.25, 0.3) is 10.6 Å². The van der Waals surface area contributed by atoms with Crippen molar-refractivity contribution in [2.24, 2.45) is 0 Å². The topological polar surface area (TPSA) is 90.7 Å². The fourth-order valence-corrected chi connectivity index (χ4v) is 2.68. The number of fused-ring (bicyclic) bond motifs is 3. The number of hydrogen-bond donors (Lipinski definition) is 2. The maximum absolute atomic E-state index is 5.69. The van der Waals surface area contributed by atoms with Gasteiger partial charge >= 0.3 is 0 Å². The van der Waals surface area contributed by atoms with Crippen LogP contribution in [0, 0.1) is 0 Å². The number of aryl methyl sites for hydroxylation is 2. The van der Waals surface area contributed by atoms with Gasteiger partial charge in [0.25, 0.3) is 0 Å². The molecule has 0 radical (unpaired) electrons. The Hall–Kier alpha value is -1.69. The molecule has 0 amide bonds. The van der Waals surface area contributed by atoms with E-state index in [1.807, 2.05) is 0 Å². The average Bonchev–Trinajstić information content (AvgIpc) is 2.58. The summed E-state index contributed by atoms with van der Waals surface area (Å²) in [5.74, 6) is 0.300. The van der Waals surface area contributed by atoms with Crippen molar-refractivity contribution in [2.45, 2.75) is 12.8 Å². The number of hydrogen-bond acceptors (Lipinski definition) is 6. The van der Waals surface area contributed by atoms with Gasteiger partial charge in [-0.2, -0.15) is 0 Å². The van der Waals surface area contributed by atoms with Gasteiger partial charge in [-0.05, 0) is 18.4 Å². The maximum atomic E-state index is 5.69. The third-order valence-electron chi connectivity index (χ3n) is 2.44. The fraction of sp³-hybridized carbons (Fsp3) is 0.222. The molecule has 3 rings (SSSR count). The van der Waals surface area contributed by atoms with E-state index < -0.39 is 0 Å². The van der Waals surface area contributed by atoms with Crippen LogP contribution in [-0.4, -0.2) is 15.0 Å². The molecule has 2 heterocycles. The van der Waals surface area contributed by atoms with Crippen LogP contribution in [0.3, 0.4) is 0 Å². The Morgan fingerprint density at radius 1 is 1.20 bits per heavy atom. The fourth-order valence-electron chi connectivity index (χ4n) is 1.78. The molecule has 15 heavy (non-hydrogen) atoms. The third kappa shape index (κ3) is 1.25. The lowest BCUT2D eigenvalue weighted by Crippen LogP contribution is -2.07. The highest BCUT2D eigenvalue weighted by Gasteiger charge is 2.21. The lowest BCUT2D eigenvalue weighted by Gasteiger charge is -2.13. The highest BCUT2D eigenvalue weighted by molar-refractivity contribution is 7.18. The SMILES string of the molecule is Nc1ncc2c(n1)-c1sc(N)nc1CC2. The molecular weight excluding hydrogens is 210 g/mol. The van der Waals surface area contributed by atoms with Gasteiger partial charge in [-0.3, -0.25) is 0 Å². The molecule has 0 atom stereocenters. The van der Waals surface area contributed by atoms with Gasteiger partial charge in [-0.15, -0.1) is 0 Å². The smallest absolute Gasteiger partial charge is 0.220 e. The van der Waals surface area contributed by atoms with Crippen molar-refractivity contribution in [3.8, 4) is 10.6 Å². The molecule has 1 aliphatic carbocycles. The summed E-state index contributed by atoms with van der Waals surface area (Å²) in [7, 11) is 0. The monoisotopic (exact) mass is 219 g/mol. The Bertz CT molecular complexity index is 533. The quantitative estimate of drug-likeness (QED) is 0.685. The Kier molecular flexibility index (Phi) is 1.66. The van der Waals surface area contributed by atoms with Crippen LogP contribution in [0.1, 0.15) is 11.3 Å². The minimum atomic E-state index is 0.300. The molecule has 5 nitrogen and oxygen atoms in total. The van der Waals surface area contributed by atoms with E-state index in [1.54, 1.807) is 6.20 Å². The standard InChI is InChI=1S/C9H9N5S/c10-8-12-3-4-1-2-5-7(6(4)14-8)15-9(11)13-5/h3H,1-2H2,(H2,11,13)(H2,10,12,14). The van der Waals surface area contributed by atoms with Crippen molar-refractivity contribution in [3.63, 3.8) is 0 Å². The van der Waals surface area contributed by atoms with Gasteiger partial charge in [-0.25, -0.2) is 15.0 Å². The average molecular weight is 219 g/mol. The third-order valence-corrected chi connectivity index (χ3v) is 3.38. The maximum Gasteiger partial charge on any atom is 0.220 e. The van der Waals surface area contributed by atoms with Crippen molar-refractivity contribution < 1.29 is 0 Å². The molecule has 0 aliphatic heterocycles. The van der Waals surface area contributed by atoms with Gasteiger partial charge in [0, 0.05) is 6.20 Å². The van der Waals surface area contributed by atoms with E-state index in [-0.39, 0.29) is 0 Å². The van der Waals surface area contributed by atoms with Gasteiger partial charge < -0.3 is 11.5 Å². The Morgan fingerprint density at radius 2 is 2.07 bits per heavy atom. The van der Waals surface area contributed by atoms with Crippen LogP contribution in [0.5, 0.6) is 0 Å². The van der Waals surface area contributed by atoms with E-state index in [0.717, 1.165) is 34.7 Å². The summed E-state index contributed by atoms with van der Waals surface area (Å²) >= 11 is 1.46. The van der Waals surface area contributed by atoms with Crippen molar-refractivity contribution in [1.82, 2.24) is 15.0 Å². The molecule has 0 fully saturated rings. The van der Waals surface area contributed by atoms with Crippen LogP contribution < -0.4 is 11.5 Å². The second kappa shape index (κ2) is 2.90. The molecular formula is C9H9N5S. The van der Waals surface area contributed by atoms with Crippen molar-refractivity contribution in [2.75, 3.05) is 11.5 Å². The largest absolute Gasteiger partial charge is 0.375 e. The molecule has 0 bridgehead atoms. The first-order chi connectivity index (χ1) is 7.24. The number of thiazole rings is 1. The first-order valence-electron chi connectivity index (χ1n) is 4.61. The Labute approximate surface area is 90.2 Å². The van der Waals surface area contributed by atoms with E-state index >= 15 is 0 Å². The highest BCUT2D eigenvalue weighted by atomic mass is 32.1. The summed E-state index contributed by atoms with van der Waals surface area (Å²) in [5, 5.41) is 0.588. The Balaban J connectivity index is 2.27. The molecule has 6 heteroatoms. The Morgan fingerprint density at radius 3 is 2.93 bits per heavy atom. The van der Waals surface area contributed by atoms with Crippen molar-refractivity contribution in [1.29, 1.82) is 0 Å². The summed E-state index contributed by atoms with van der Waals surface area (Å²) < 4.78 is 0. The van der Waals surface area contributed by atoms with Crippen molar-refractivity contribution in [3.05, 3.63) is 17.5 Å². The molecule has 0 unspecified atom stereocenters. The molecule has 2 aromatic heterocycles. The molecule has 0 saturated carbocycles. The number of nitrogen functional groups attached to an aromatic ring is 2. The van der Waals surface area contributed by atoms with Crippen LogP contribution in [0.4, 0.5) is 11.1 Å². The minimum absolute atomic E-state index is 0.300. The van der Waals surface area contributed by atoms with E-state index in [9.17, 15) is 0 Å². The molecule has 2 aromatic rings. The number of anilines is 2. The molecule has 0 aromatic carbocycles. The van der Waals surface area contributed by atoms with Crippen LogP contribution in [0.15, 0.2) is 6.20 Å². The zero-order valence-electron chi connectivity index (χ0n) is 7.90.